The van der Waals surface area contributed by atoms with Crippen LogP contribution in [0.2, 0.25) is 0 Å². The molecule has 0 amide bonds. The number of nitrogens with zero attached hydrogens (tertiary/aromatic N) is 2. The average Bonchev–Trinajstić information content (AvgIpc) is 2.99. The number of halogens is 2. The monoisotopic (exact) mass is 374 g/mol. The van der Waals surface area contributed by atoms with E-state index in [2.05, 4.69) is 20.3 Å². The Morgan fingerprint density at radius 2 is 2.04 bits per heavy atom. The zero-order chi connectivity index (χ0) is 19.7. The van der Waals surface area contributed by atoms with Crippen molar-refractivity contribution in [3.05, 3.63) is 41.7 Å². The molecule has 1 atom stereocenters. The van der Waals surface area contributed by atoms with Gasteiger partial charge >= 0.3 is 5.97 Å². The van der Waals surface area contributed by atoms with Gasteiger partial charge in [0.1, 0.15) is 5.82 Å². The molecule has 142 valence electrons. The van der Waals surface area contributed by atoms with Gasteiger partial charge in [0.25, 0.3) is 0 Å². The summed E-state index contributed by atoms with van der Waals surface area (Å²) in [5.74, 6) is -1.98. The first kappa shape index (κ1) is 18.8. The summed E-state index contributed by atoms with van der Waals surface area (Å²) in [5, 5.41) is 12.5. The van der Waals surface area contributed by atoms with Gasteiger partial charge in [-0.2, -0.15) is 0 Å². The number of carboxylic acids is 1. The van der Waals surface area contributed by atoms with Crippen molar-refractivity contribution in [2.45, 2.75) is 33.2 Å². The molecular formula is C19H20F2N4O2. The van der Waals surface area contributed by atoms with Crippen LogP contribution >= 0.6 is 0 Å². The van der Waals surface area contributed by atoms with Gasteiger partial charge in [-0.25, -0.2) is 18.7 Å². The van der Waals surface area contributed by atoms with E-state index >= 15 is 0 Å². The highest BCUT2D eigenvalue weighted by Gasteiger charge is 2.21. The Labute approximate surface area is 154 Å². The van der Waals surface area contributed by atoms with Crippen molar-refractivity contribution in [1.82, 2.24) is 15.0 Å². The maximum absolute atomic E-state index is 14.2. The number of carbonyl (C=O) groups is 1. The molecule has 0 aliphatic rings. The molecule has 0 radical (unpaired) electrons. The molecule has 27 heavy (non-hydrogen) atoms. The first-order valence-corrected chi connectivity index (χ1v) is 8.54. The van der Waals surface area contributed by atoms with Crippen molar-refractivity contribution >= 4 is 22.7 Å². The van der Waals surface area contributed by atoms with Crippen molar-refractivity contribution in [3.63, 3.8) is 0 Å². The number of nitrogens with one attached hydrogen (secondary N) is 2. The standard InChI is InChI=1S/C19H20F2N4O2/c1-9(2)15(6-16(26)27)24-19-14(21)8-23-18(25-19)12-7-22-17-11(12)4-10(3)5-13(17)20/h4-5,7-9,15,22H,6H2,1-3H3,(H,26,27)(H,23,24,25)/t15-/m1/s1. The number of rotatable bonds is 6. The summed E-state index contributed by atoms with van der Waals surface area (Å²) in [6.07, 6.45) is 2.42. The number of H-pyrrole nitrogens is 1. The molecule has 0 saturated carbocycles. The number of aliphatic carboxylic acids is 1. The lowest BCUT2D eigenvalue weighted by molar-refractivity contribution is -0.137. The van der Waals surface area contributed by atoms with E-state index in [1.807, 2.05) is 13.8 Å². The maximum atomic E-state index is 14.2. The highest BCUT2D eigenvalue weighted by atomic mass is 19.1. The van der Waals surface area contributed by atoms with Crippen molar-refractivity contribution < 1.29 is 18.7 Å². The molecule has 0 unspecified atom stereocenters. The smallest absolute Gasteiger partial charge is 0.305 e. The molecule has 0 saturated heterocycles. The minimum Gasteiger partial charge on any atom is -0.481 e. The third-order valence-corrected chi connectivity index (χ3v) is 4.39. The normalized spacial score (nSPS) is 12.5. The van der Waals surface area contributed by atoms with E-state index in [4.69, 9.17) is 5.11 Å². The Hall–Kier alpha value is -3.03. The predicted octanol–water partition coefficient (Wildman–Crippen LogP) is 4.12. The van der Waals surface area contributed by atoms with Crippen LogP contribution in [0.4, 0.5) is 14.6 Å². The summed E-state index contributed by atoms with van der Waals surface area (Å²) in [7, 11) is 0. The SMILES string of the molecule is Cc1cc(F)c2[nH]cc(-c3ncc(F)c(N[C@H](CC(=O)O)C(C)C)n3)c2c1. The molecule has 0 bridgehead atoms. The van der Waals surface area contributed by atoms with Gasteiger partial charge in [0.15, 0.2) is 17.5 Å². The molecule has 2 heterocycles. The van der Waals surface area contributed by atoms with E-state index in [-0.39, 0.29) is 24.0 Å². The topological polar surface area (TPSA) is 90.9 Å². The second-order valence-electron chi connectivity index (χ2n) is 6.85. The Morgan fingerprint density at radius 1 is 1.30 bits per heavy atom. The predicted molar refractivity (Wildman–Crippen MR) is 98.5 cm³/mol. The van der Waals surface area contributed by atoms with Crippen LogP contribution in [0.15, 0.2) is 24.5 Å². The lowest BCUT2D eigenvalue weighted by atomic mass is 10.0. The molecule has 1 aromatic carbocycles. The van der Waals surface area contributed by atoms with E-state index in [0.717, 1.165) is 11.8 Å². The first-order valence-electron chi connectivity index (χ1n) is 8.54. The van der Waals surface area contributed by atoms with Gasteiger partial charge in [-0.3, -0.25) is 4.79 Å². The zero-order valence-corrected chi connectivity index (χ0v) is 15.2. The maximum Gasteiger partial charge on any atom is 0.305 e. The van der Waals surface area contributed by atoms with Crippen LogP contribution in [0.5, 0.6) is 0 Å². The molecule has 8 heteroatoms. The van der Waals surface area contributed by atoms with Gasteiger partial charge in [0, 0.05) is 23.2 Å². The third-order valence-electron chi connectivity index (χ3n) is 4.39. The molecule has 3 N–H and O–H groups in total. The fourth-order valence-corrected chi connectivity index (χ4v) is 2.92. The first-order chi connectivity index (χ1) is 12.8. The summed E-state index contributed by atoms with van der Waals surface area (Å²) in [6, 6.07) is 2.72. The van der Waals surface area contributed by atoms with Crippen molar-refractivity contribution in [2.24, 2.45) is 5.92 Å². The molecule has 0 aliphatic heterocycles. The molecule has 0 spiro atoms. The summed E-state index contributed by atoms with van der Waals surface area (Å²) in [4.78, 5) is 22.1. The van der Waals surface area contributed by atoms with Crippen LogP contribution in [0.1, 0.15) is 25.8 Å². The van der Waals surface area contributed by atoms with Crippen molar-refractivity contribution in [1.29, 1.82) is 0 Å². The molecular weight excluding hydrogens is 354 g/mol. The van der Waals surface area contributed by atoms with E-state index in [1.165, 1.54) is 6.07 Å². The average molecular weight is 374 g/mol. The number of benzene rings is 1. The summed E-state index contributed by atoms with van der Waals surface area (Å²) in [5.41, 5.74) is 1.60. The number of aromatic nitrogens is 3. The Morgan fingerprint density at radius 3 is 2.70 bits per heavy atom. The van der Waals surface area contributed by atoms with Crippen LogP contribution in [0.25, 0.3) is 22.3 Å². The molecule has 6 nitrogen and oxygen atoms in total. The van der Waals surface area contributed by atoms with E-state index < -0.39 is 23.6 Å². The number of aryl methyl sites for hydroxylation is 1. The van der Waals surface area contributed by atoms with Crippen LogP contribution in [0.3, 0.4) is 0 Å². The van der Waals surface area contributed by atoms with Gasteiger partial charge in [0.05, 0.1) is 18.1 Å². The summed E-state index contributed by atoms with van der Waals surface area (Å²) in [6.45, 7) is 5.45. The number of anilines is 1. The number of hydrogen-bond donors (Lipinski definition) is 3. The van der Waals surface area contributed by atoms with Gasteiger partial charge in [-0.05, 0) is 30.5 Å². The number of aromatic amines is 1. The Balaban J connectivity index is 2.02. The lowest BCUT2D eigenvalue weighted by Crippen LogP contribution is -2.29. The molecule has 0 fully saturated rings. The van der Waals surface area contributed by atoms with Gasteiger partial charge in [-0.1, -0.05) is 13.8 Å². The Kier molecular flexibility index (Phi) is 5.07. The van der Waals surface area contributed by atoms with Crippen molar-refractivity contribution in [2.75, 3.05) is 5.32 Å². The number of fused-ring (bicyclic) bond motifs is 1. The van der Waals surface area contributed by atoms with E-state index in [9.17, 15) is 13.6 Å². The van der Waals surface area contributed by atoms with Gasteiger partial charge in [-0.15, -0.1) is 0 Å². The lowest BCUT2D eigenvalue weighted by Gasteiger charge is -2.21. The van der Waals surface area contributed by atoms with Gasteiger partial charge < -0.3 is 15.4 Å². The van der Waals surface area contributed by atoms with Crippen LogP contribution in [-0.2, 0) is 4.79 Å². The third kappa shape index (κ3) is 3.89. The Bertz CT molecular complexity index is 1000. The highest BCUT2D eigenvalue weighted by molar-refractivity contribution is 5.94. The van der Waals surface area contributed by atoms with Crippen LogP contribution in [0, 0.1) is 24.5 Å². The molecule has 0 aliphatic carbocycles. The minimum atomic E-state index is -0.988. The second kappa shape index (κ2) is 7.30. The molecule has 3 aromatic rings. The largest absolute Gasteiger partial charge is 0.481 e. The van der Waals surface area contributed by atoms with Crippen LogP contribution in [-0.4, -0.2) is 32.1 Å². The summed E-state index contributed by atoms with van der Waals surface area (Å²) < 4.78 is 28.3. The zero-order valence-electron chi connectivity index (χ0n) is 15.2. The van der Waals surface area contributed by atoms with Crippen molar-refractivity contribution in [3.8, 4) is 11.4 Å². The minimum absolute atomic E-state index is 0.0521. The second-order valence-corrected chi connectivity index (χ2v) is 6.85. The summed E-state index contributed by atoms with van der Waals surface area (Å²) >= 11 is 0. The van der Waals surface area contributed by atoms with E-state index in [0.29, 0.717) is 16.5 Å². The highest BCUT2D eigenvalue weighted by Crippen LogP contribution is 2.30. The molecule has 3 rings (SSSR count). The quantitative estimate of drug-likeness (QED) is 0.604. The van der Waals surface area contributed by atoms with E-state index in [1.54, 1.807) is 19.2 Å². The van der Waals surface area contributed by atoms with Gasteiger partial charge in [0.2, 0.25) is 0 Å². The fourth-order valence-electron chi connectivity index (χ4n) is 2.92. The van der Waals surface area contributed by atoms with Crippen LogP contribution < -0.4 is 5.32 Å². The fraction of sp³-hybridized carbons (Fsp3) is 0.316. The number of hydrogen-bond acceptors (Lipinski definition) is 4. The number of carboxylic acid groups (broad SMARTS) is 1. The molecule has 2 aromatic heterocycles.